The van der Waals surface area contributed by atoms with E-state index in [1.807, 2.05) is 0 Å². The van der Waals surface area contributed by atoms with E-state index in [4.69, 9.17) is 9.11 Å². The molecule has 0 spiro atoms. The van der Waals surface area contributed by atoms with Gasteiger partial charge in [0.2, 0.25) is 18.1 Å². The molecule has 0 amide bonds. The predicted octanol–water partition coefficient (Wildman–Crippen LogP) is -1.53. The molecule has 1 aromatic heterocycles. The van der Waals surface area contributed by atoms with Crippen LogP contribution >= 0.6 is 0 Å². The predicted molar refractivity (Wildman–Crippen MR) is 47.7 cm³/mol. The Morgan fingerprint density at radius 1 is 1.13 bits per heavy atom. The molecule has 8 nitrogen and oxygen atoms in total. The van der Waals surface area contributed by atoms with Crippen LogP contribution in [0.1, 0.15) is 0 Å². The third kappa shape index (κ3) is 4.88. The second kappa shape index (κ2) is 3.89. The zero-order valence-electron chi connectivity index (χ0n) is 7.38. The highest BCUT2D eigenvalue weighted by atomic mass is 32.2. The van der Waals surface area contributed by atoms with Gasteiger partial charge < -0.3 is 0 Å². The molecule has 0 atom stereocenters. The van der Waals surface area contributed by atoms with E-state index in [1.165, 1.54) is 12.4 Å². The van der Waals surface area contributed by atoms with Gasteiger partial charge in [-0.05, 0) is 0 Å². The average molecular weight is 257 g/mol. The van der Waals surface area contributed by atoms with Gasteiger partial charge in [0.05, 0.1) is 0 Å². The highest BCUT2D eigenvalue weighted by Gasteiger charge is 2.15. The maximum Gasteiger partial charge on any atom is 0.304 e. The van der Waals surface area contributed by atoms with Crippen LogP contribution in [0, 0.1) is 0 Å². The first-order valence-corrected chi connectivity index (χ1v) is 6.83. The van der Waals surface area contributed by atoms with Crippen LogP contribution < -0.4 is 4.57 Å². The number of imidazole rings is 1. The molecule has 0 bridgehead atoms. The van der Waals surface area contributed by atoms with Crippen LogP contribution in [0.5, 0.6) is 0 Å². The van der Waals surface area contributed by atoms with E-state index in [2.05, 4.69) is 0 Å². The molecule has 15 heavy (non-hydrogen) atoms. The summed E-state index contributed by atoms with van der Waals surface area (Å²) >= 11 is 0. The molecule has 1 heterocycles. The SMILES string of the molecule is O=S(=O)(O)Cn1cc[n+](CS(=O)(=O)O)c1. The lowest BCUT2D eigenvalue weighted by molar-refractivity contribution is -0.677. The van der Waals surface area contributed by atoms with Gasteiger partial charge in [0.1, 0.15) is 12.4 Å². The Morgan fingerprint density at radius 3 is 2.20 bits per heavy atom. The quantitative estimate of drug-likeness (QED) is 0.499. The molecular weight excluding hydrogens is 248 g/mol. The van der Waals surface area contributed by atoms with Gasteiger partial charge in [-0.3, -0.25) is 9.11 Å². The number of rotatable bonds is 4. The topological polar surface area (TPSA) is 118 Å². The van der Waals surface area contributed by atoms with Crippen molar-refractivity contribution < 1.29 is 30.5 Å². The van der Waals surface area contributed by atoms with Gasteiger partial charge in [-0.2, -0.15) is 16.8 Å². The summed E-state index contributed by atoms with van der Waals surface area (Å²) in [5.74, 6) is -1.35. The van der Waals surface area contributed by atoms with E-state index in [1.54, 1.807) is 0 Å². The van der Waals surface area contributed by atoms with Gasteiger partial charge in [0.15, 0.2) is 0 Å². The van der Waals surface area contributed by atoms with Crippen LogP contribution in [0.4, 0.5) is 0 Å². The Hall–Kier alpha value is -0.970. The fourth-order valence-corrected chi connectivity index (χ4v) is 2.03. The van der Waals surface area contributed by atoms with Crippen LogP contribution in [0.25, 0.3) is 0 Å². The van der Waals surface area contributed by atoms with Gasteiger partial charge in [0.25, 0.3) is 0 Å². The fraction of sp³-hybridized carbons (Fsp3) is 0.400. The molecule has 2 N–H and O–H groups in total. The third-order valence-electron chi connectivity index (χ3n) is 1.37. The second-order valence-corrected chi connectivity index (χ2v) is 5.71. The van der Waals surface area contributed by atoms with Gasteiger partial charge in [-0.25, -0.2) is 9.13 Å². The first-order chi connectivity index (χ1) is 6.66. The smallest absolute Gasteiger partial charge is 0.283 e. The van der Waals surface area contributed by atoms with Crippen LogP contribution in [0.3, 0.4) is 0 Å². The van der Waals surface area contributed by atoms with E-state index in [-0.39, 0.29) is 0 Å². The van der Waals surface area contributed by atoms with Crippen LogP contribution in [0.15, 0.2) is 18.7 Å². The summed E-state index contributed by atoms with van der Waals surface area (Å²) in [6, 6.07) is 0. The Kier molecular flexibility index (Phi) is 3.13. The monoisotopic (exact) mass is 257 g/mol. The van der Waals surface area contributed by atoms with Crippen molar-refractivity contribution in [3.63, 3.8) is 0 Å². The highest BCUT2D eigenvalue weighted by molar-refractivity contribution is 7.84. The van der Waals surface area contributed by atoms with Crippen LogP contribution in [-0.2, 0) is 32.0 Å². The van der Waals surface area contributed by atoms with E-state index in [9.17, 15) is 16.8 Å². The van der Waals surface area contributed by atoms with Crippen molar-refractivity contribution in [2.75, 3.05) is 0 Å². The summed E-state index contributed by atoms with van der Waals surface area (Å²) < 4.78 is 60.9. The third-order valence-corrected chi connectivity index (χ3v) is 2.62. The molecule has 86 valence electrons. The van der Waals surface area contributed by atoms with Crippen molar-refractivity contribution in [1.82, 2.24) is 4.57 Å². The Balaban J connectivity index is 2.82. The fourth-order valence-electron chi connectivity index (χ4n) is 0.968. The van der Waals surface area contributed by atoms with E-state index in [0.29, 0.717) is 0 Å². The van der Waals surface area contributed by atoms with Crippen molar-refractivity contribution in [2.45, 2.75) is 11.8 Å². The highest BCUT2D eigenvalue weighted by Crippen LogP contribution is 1.92. The molecule has 10 heteroatoms. The Labute approximate surface area is 86.3 Å². The summed E-state index contributed by atoms with van der Waals surface area (Å²) in [4.78, 5) is 0. The second-order valence-electron chi connectivity index (χ2n) is 2.86. The number of nitrogens with zero attached hydrogens (tertiary/aromatic N) is 2. The van der Waals surface area contributed by atoms with Gasteiger partial charge >= 0.3 is 20.2 Å². The average Bonchev–Trinajstić information content (AvgIpc) is 2.28. The van der Waals surface area contributed by atoms with Gasteiger partial charge in [-0.1, -0.05) is 0 Å². The van der Waals surface area contributed by atoms with Crippen molar-refractivity contribution in [1.29, 1.82) is 0 Å². The van der Waals surface area contributed by atoms with Gasteiger partial charge in [-0.15, -0.1) is 0 Å². The molecular formula is C5H9N2O6S2+. The zero-order valence-corrected chi connectivity index (χ0v) is 9.02. The maximum absolute atomic E-state index is 10.5. The van der Waals surface area contributed by atoms with E-state index in [0.717, 1.165) is 15.5 Å². The lowest BCUT2D eigenvalue weighted by atomic mass is 10.9. The molecule has 0 saturated carbocycles. The zero-order chi connectivity index (χ0) is 11.7. The minimum atomic E-state index is -4.17. The van der Waals surface area contributed by atoms with Crippen molar-refractivity contribution in [2.24, 2.45) is 0 Å². The number of hydrogen-bond donors (Lipinski definition) is 2. The van der Waals surface area contributed by atoms with Crippen molar-refractivity contribution >= 4 is 20.2 Å². The Morgan fingerprint density at radius 2 is 1.73 bits per heavy atom. The molecule has 0 saturated heterocycles. The summed E-state index contributed by atoms with van der Waals surface area (Å²) in [7, 11) is -8.34. The number of hydrogen-bond acceptors (Lipinski definition) is 4. The summed E-state index contributed by atoms with van der Waals surface area (Å²) in [6.45, 7) is 0. The maximum atomic E-state index is 10.5. The largest absolute Gasteiger partial charge is 0.304 e. The van der Waals surface area contributed by atoms with E-state index >= 15 is 0 Å². The molecule has 0 aliphatic heterocycles. The van der Waals surface area contributed by atoms with Gasteiger partial charge in [0, 0.05) is 0 Å². The van der Waals surface area contributed by atoms with Crippen LogP contribution in [0.2, 0.25) is 0 Å². The molecule has 1 rings (SSSR count). The summed E-state index contributed by atoms with van der Waals surface area (Å²) in [6.07, 6.45) is 3.62. The van der Waals surface area contributed by atoms with Crippen LogP contribution in [-0.4, -0.2) is 30.5 Å². The van der Waals surface area contributed by atoms with Crippen molar-refractivity contribution in [3.05, 3.63) is 18.7 Å². The summed E-state index contributed by atoms with van der Waals surface area (Å²) in [5, 5.41) is 0. The molecule has 0 radical (unpaired) electrons. The lowest BCUT2D eigenvalue weighted by Gasteiger charge is -1.92. The normalized spacial score (nSPS) is 12.9. The van der Waals surface area contributed by atoms with E-state index < -0.39 is 32.0 Å². The standard InChI is InChI=1S/C5H8N2O6S2/c8-14(9,10)4-6-1-2-7(3-6)5-15(11,12)13/h1-3H,4-5H2,(H-,8,9,10,11,12,13)/p+1. The Bertz CT molecular complexity index is 493. The minimum Gasteiger partial charge on any atom is -0.283 e. The van der Waals surface area contributed by atoms with Crippen molar-refractivity contribution in [3.8, 4) is 0 Å². The molecule has 1 aromatic rings. The lowest BCUT2D eigenvalue weighted by Crippen LogP contribution is -2.35. The number of aromatic nitrogens is 2. The molecule has 0 unspecified atom stereocenters. The molecule has 0 aromatic carbocycles. The first-order valence-electron chi connectivity index (χ1n) is 3.61. The minimum absolute atomic E-state index is 0.675. The summed E-state index contributed by atoms with van der Waals surface area (Å²) in [5.41, 5.74) is 0. The molecule has 0 aliphatic carbocycles. The first kappa shape index (κ1) is 12.1. The molecule has 0 fully saturated rings. The molecule has 0 aliphatic rings.